The third kappa shape index (κ3) is 3.51. The first-order chi connectivity index (χ1) is 12.4. The Kier molecular flexibility index (Phi) is 5.67. The summed E-state index contributed by atoms with van der Waals surface area (Å²) in [4.78, 5) is 29.9. The van der Waals surface area contributed by atoms with Crippen LogP contribution in [-0.4, -0.2) is 72.7 Å². The molecule has 2 aliphatic rings. The third-order valence-corrected chi connectivity index (χ3v) is 6.46. The van der Waals surface area contributed by atoms with Gasteiger partial charge in [0.1, 0.15) is 0 Å². The Morgan fingerprint density at radius 1 is 1.46 bits per heavy atom. The molecule has 1 aromatic heterocycles. The largest absolute Gasteiger partial charge is 0.395 e. The van der Waals surface area contributed by atoms with Gasteiger partial charge < -0.3 is 25.4 Å². The number of likely N-dealkylation sites (tertiary alicyclic amines) is 1. The van der Waals surface area contributed by atoms with Gasteiger partial charge in [0.15, 0.2) is 0 Å². The van der Waals surface area contributed by atoms with E-state index in [9.17, 15) is 9.59 Å². The van der Waals surface area contributed by atoms with Crippen LogP contribution >= 0.6 is 11.3 Å². The van der Waals surface area contributed by atoms with Crippen molar-refractivity contribution in [2.45, 2.75) is 37.8 Å². The molecule has 0 aromatic carbocycles. The van der Waals surface area contributed by atoms with Gasteiger partial charge in [0.2, 0.25) is 5.91 Å². The van der Waals surface area contributed by atoms with Crippen LogP contribution < -0.4 is 5.73 Å². The monoisotopic (exact) mass is 381 g/mol. The number of thiophene rings is 1. The smallest absolute Gasteiger partial charge is 0.263 e. The Morgan fingerprint density at radius 3 is 2.77 bits per heavy atom. The molecule has 0 bridgehead atoms. The van der Waals surface area contributed by atoms with Crippen molar-refractivity contribution in [2.75, 3.05) is 39.9 Å². The number of aliphatic hydroxyl groups is 1. The predicted octanol–water partition coefficient (Wildman–Crippen LogP) is 0.550. The number of likely N-dealkylation sites (N-methyl/N-ethyl adjacent to an activating group) is 1. The summed E-state index contributed by atoms with van der Waals surface area (Å²) < 4.78 is 6.20. The molecule has 1 aromatic rings. The van der Waals surface area contributed by atoms with Crippen molar-refractivity contribution in [1.82, 2.24) is 9.80 Å². The van der Waals surface area contributed by atoms with Gasteiger partial charge >= 0.3 is 0 Å². The molecule has 1 atom stereocenters. The molecule has 0 unspecified atom stereocenters. The highest BCUT2D eigenvalue weighted by Gasteiger charge is 2.43. The van der Waals surface area contributed by atoms with E-state index in [1.54, 1.807) is 18.9 Å². The van der Waals surface area contributed by atoms with E-state index in [2.05, 4.69) is 0 Å². The number of nitrogens with two attached hydrogens (primary N) is 1. The number of aliphatic hydroxyl groups excluding tert-OH is 1. The Labute approximate surface area is 157 Å². The summed E-state index contributed by atoms with van der Waals surface area (Å²) in [6.07, 6.45) is 2.24. The molecule has 1 spiro atoms. The zero-order chi connectivity index (χ0) is 18.9. The number of amides is 2. The standard InChI is InChI=1S/C18H27N3O4S/c1-12(19)16(23)21-6-4-18(5-7-21)13-11-15(17(24)20(2)8-9-22)26-14(13)3-10-25-18/h11-12,22H,3-10,19H2,1-2H3/t12-/m1/s1. The van der Waals surface area contributed by atoms with Crippen LogP contribution in [0.5, 0.6) is 0 Å². The van der Waals surface area contributed by atoms with E-state index < -0.39 is 11.6 Å². The molecule has 3 rings (SSSR count). The molecule has 0 saturated carbocycles. The maximum atomic E-state index is 12.6. The highest BCUT2D eigenvalue weighted by molar-refractivity contribution is 7.14. The number of ether oxygens (including phenoxy) is 1. The fraction of sp³-hybridized carbons (Fsp3) is 0.667. The Morgan fingerprint density at radius 2 is 2.15 bits per heavy atom. The fourth-order valence-electron chi connectivity index (χ4n) is 3.75. The lowest BCUT2D eigenvalue weighted by Crippen LogP contribution is -2.51. The number of fused-ring (bicyclic) bond motifs is 2. The van der Waals surface area contributed by atoms with Crippen molar-refractivity contribution < 1.29 is 19.4 Å². The summed E-state index contributed by atoms with van der Waals surface area (Å²) in [5.41, 5.74) is 6.41. The average molecular weight is 381 g/mol. The first-order valence-corrected chi connectivity index (χ1v) is 9.87. The van der Waals surface area contributed by atoms with Gasteiger partial charge in [0, 0.05) is 38.0 Å². The van der Waals surface area contributed by atoms with Gasteiger partial charge in [0.25, 0.3) is 5.91 Å². The third-order valence-electron chi connectivity index (χ3n) is 5.27. The molecular weight excluding hydrogens is 354 g/mol. The van der Waals surface area contributed by atoms with E-state index in [-0.39, 0.29) is 18.4 Å². The predicted molar refractivity (Wildman–Crippen MR) is 99.2 cm³/mol. The van der Waals surface area contributed by atoms with Crippen molar-refractivity contribution in [3.8, 4) is 0 Å². The van der Waals surface area contributed by atoms with Gasteiger partial charge in [-0.05, 0) is 31.4 Å². The van der Waals surface area contributed by atoms with Crippen LogP contribution in [0, 0.1) is 0 Å². The summed E-state index contributed by atoms with van der Waals surface area (Å²) in [5.74, 6) is -0.0964. The van der Waals surface area contributed by atoms with Crippen molar-refractivity contribution in [3.05, 3.63) is 21.4 Å². The van der Waals surface area contributed by atoms with Crippen LogP contribution in [0.2, 0.25) is 0 Å². The van der Waals surface area contributed by atoms with E-state index in [0.717, 1.165) is 24.8 Å². The number of rotatable bonds is 4. The van der Waals surface area contributed by atoms with E-state index >= 15 is 0 Å². The van der Waals surface area contributed by atoms with Crippen molar-refractivity contribution >= 4 is 23.2 Å². The minimum absolute atomic E-state index is 0.0253. The molecule has 7 nitrogen and oxygen atoms in total. The maximum Gasteiger partial charge on any atom is 0.263 e. The first-order valence-electron chi connectivity index (χ1n) is 9.06. The van der Waals surface area contributed by atoms with Gasteiger partial charge in [-0.25, -0.2) is 0 Å². The average Bonchev–Trinajstić information content (AvgIpc) is 3.07. The quantitative estimate of drug-likeness (QED) is 0.794. The van der Waals surface area contributed by atoms with Crippen LogP contribution in [0.1, 0.15) is 39.9 Å². The van der Waals surface area contributed by atoms with E-state index in [1.807, 2.05) is 6.07 Å². The molecule has 0 aliphatic carbocycles. The van der Waals surface area contributed by atoms with Crippen LogP contribution in [-0.2, 0) is 21.6 Å². The molecule has 3 N–H and O–H groups in total. The first kappa shape index (κ1) is 19.3. The van der Waals surface area contributed by atoms with Crippen LogP contribution in [0.4, 0.5) is 0 Å². The summed E-state index contributed by atoms with van der Waals surface area (Å²) in [6.45, 7) is 3.84. The lowest BCUT2D eigenvalue weighted by atomic mass is 9.82. The molecule has 0 radical (unpaired) electrons. The normalized spacial score (nSPS) is 19.9. The zero-order valence-corrected chi connectivity index (χ0v) is 16.2. The molecule has 1 fully saturated rings. The summed E-state index contributed by atoms with van der Waals surface area (Å²) >= 11 is 1.52. The number of carbonyl (C=O) groups is 2. The van der Waals surface area contributed by atoms with Crippen LogP contribution in [0.25, 0.3) is 0 Å². The number of hydrogen-bond acceptors (Lipinski definition) is 6. The molecule has 3 heterocycles. The molecule has 2 aliphatic heterocycles. The van der Waals surface area contributed by atoms with Crippen LogP contribution in [0.3, 0.4) is 0 Å². The second kappa shape index (κ2) is 7.64. The van der Waals surface area contributed by atoms with Gasteiger partial charge in [-0.1, -0.05) is 0 Å². The minimum atomic E-state index is -0.487. The molecule has 26 heavy (non-hydrogen) atoms. The Hall–Kier alpha value is -1.48. The highest BCUT2D eigenvalue weighted by Crippen LogP contribution is 2.44. The number of carbonyl (C=O) groups excluding carboxylic acids is 2. The summed E-state index contributed by atoms with van der Waals surface area (Å²) in [6, 6.07) is 1.47. The summed E-state index contributed by atoms with van der Waals surface area (Å²) in [5, 5.41) is 9.05. The maximum absolute atomic E-state index is 12.6. The summed E-state index contributed by atoms with van der Waals surface area (Å²) in [7, 11) is 1.70. The highest BCUT2D eigenvalue weighted by atomic mass is 32.1. The zero-order valence-electron chi connectivity index (χ0n) is 15.4. The number of nitrogens with zero attached hydrogens (tertiary/aromatic N) is 2. The van der Waals surface area contributed by atoms with Gasteiger partial charge in [-0.15, -0.1) is 11.3 Å². The van der Waals surface area contributed by atoms with Crippen LogP contribution in [0.15, 0.2) is 6.07 Å². The van der Waals surface area contributed by atoms with Gasteiger partial charge in [0.05, 0.1) is 29.7 Å². The molecule has 2 amide bonds. The van der Waals surface area contributed by atoms with Gasteiger partial charge in [-0.2, -0.15) is 0 Å². The fourth-order valence-corrected chi connectivity index (χ4v) is 4.98. The lowest BCUT2D eigenvalue weighted by Gasteiger charge is -2.44. The molecular formula is C18H27N3O4S. The van der Waals surface area contributed by atoms with E-state index in [0.29, 0.717) is 31.1 Å². The molecule has 144 valence electrons. The van der Waals surface area contributed by atoms with Crippen molar-refractivity contribution in [3.63, 3.8) is 0 Å². The van der Waals surface area contributed by atoms with Gasteiger partial charge in [-0.3, -0.25) is 9.59 Å². The second-order valence-corrected chi connectivity index (χ2v) is 8.24. The van der Waals surface area contributed by atoms with E-state index in [1.165, 1.54) is 21.1 Å². The van der Waals surface area contributed by atoms with Crippen molar-refractivity contribution in [2.24, 2.45) is 5.73 Å². The minimum Gasteiger partial charge on any atom is -0.395 e. The SMILES string of the molecule is C[C@@H](N)C(=O)N1CCC2(CC1)OCCc1sc(C(=O)N(C)CCO)cc12. The Balaban J connectivity index is 1.79. The Bertz CT molecular complexity index is 680. The van der Waals surface area contributed by atoms with Crippen molar-refractivity contribution in [1.29, 1.82) is 0 Å². The number of hydrogen-bond donors (Lipinski definition) is 2. The topological polar surface area (TPSA) is 96.1 Å². The second-order valence-electron chi connectivity index (χ2n) is 7.10. The number of piperidine rings is 1. The van der Waals surface area contributed by atoms with E-state index in [4.69, 9.17) is 15.6 Å². The molecule has 8 heteroatoms. The molecule has 1 saturated heterocycles. The lowest BCUT2D eigenvalue weighted by molar-refractivity contribution is -0.141.